The number of halogens is 1. The Kier molecular flexibility index (Phi) is 6.32. The Balaban J connectivity index is 1.90. The van der Waals surface area contributed by atoms with Crippen LogP contribution in [0.3, 0.4) is 0 Å². The maximum Gasteiger partial charge on any atom is 0.278 e. The molecular weight excluding hydrogens is 439 g/mol. The predicted octanol–water partition coefficient (Wildman–Crippen LogP) is 3.38. The number of carbonyl (C=O) groups excluding carboxylic acids is 1. The summed E-state index contributed by atoms with van der Waals surface area (Å²) in [5, 5.41) is 0. The van der Waals surface area contributed by atoms with E-state index in [1.165, 1.54) is 32.5 Å². The number of rotatable bonds is 6. The fourth-order valence-corrected chi connectivity index (χ4v) is 4.35. The van der Waals surface area contributed by atoms with Gasteiger partial charge in [0.05, 0.1) is 49.1 Å². The highest BCUT2D eigenvalue weighted by atomic mass is 19.1. The first-order valence-corrected chi connectivity index (χ1v) is 10.9. The zero-order valence-electron chi connectivity index (χ0n) is 19.8. The molecule has 2 N–H and O–H groups in total. The average Bonchev–Trinajstić information content (AvgIpc) is 2.79. The molecule has 0 saturated heterocycles. The van der Waals surface area contributed by atoms with Gasteiger partial charge >= 0.3 is 0 Å². The van der Waals surface area contributed by atoms with Crippen LogP contribution in [0.25, 0.3) is 11.3 Å². The molecule has 1 aliphatic rings. The molecule has 3 aromatic rings. The highest BCUT2D eigenvalue weighted by molar-refractivity contribution is 5.98. The average molecular weight is 467 g/mol. The topological polar surface area (TPSA) is 116 Å². The minimum Gasteiger partial charge on any atom is -0.477 e. The Morgan fingerprint density at radius 3 is 2.59 bits per heavy atom. The molecule has 10 heteroatoms. The van der Waals surface area contributed by atoms with Gasteiger partial charge in [0.25, 0.3) is 17.7 Å². The number of nitrogens with two attached hydrogens (primary N) is 1. The number of anilines is 1. The van der Waals surface area contributed by atoms with Crippen LogP contribution in [0.15, 0.2) is 24.4 Å². The minimum atomic E-state index is -0.435. The molecule has 34 heavy (non-hydrogen) atoms. The molecule has 1 atom stereocenters. The van der Waals surface area contributed by atoms with E-state index in [1.54, 1.807) is 17.9 Å². The van der Waals surface area contributed by atoms with Crippen molar-refractivity contribution >= 4 is 11.9 Å². The maximum atomic E-state index is 14.4. The summed E-state index contributed by atoms with van der Waals surface area (Å²) in [4.78, 5) is 32.7. The van der Waals surface area contributed by atoms with Crippen molar-refractivity contribution < 1.29 is 18.7 Å². The van der Waals surface area contributed by atoms with Crippen LogP contribution >= 0.6 is 0 Å². The van der Waals surface area contributed by atoms with Crippen molar-refractivity contribution in [3.05, 3.63) is 52.7 Å². The van der Waals surface area contributed by atoms with Crippen LogP contribution in [-0.4, -0.2) is 51.5 Å². The van der Waals surface area contributed by atoms with Crippen molar-refractivity contribution in [3.63, 3.8) is 0 Å². The number of carbonyl (C=O) groups is 1. The number of ether oxygens (including phenoxy) is 2. The van der Waals surface area contributed by atoms with Crippen molar-refractivity contribution in [3.8, 4) is 23.0 Å². The molecule has 1 aliphatic heterocycles. The van der Waals surface area contributed by atoms with Crippen LogP contribution in [0.2, 0.25) is 0 Å². The van der Waals surface area contributed by atoms with Crippen LogP contribution in [0.5, 0.6) is 11.8 Å². The number of benzene rings is 1. The summed E-state index contributed by atoms with van der Waals surface area (Å²) in [6.45, 7) is 6.33. The second-order valence-electron chi connectivity index (χ2n) is 8.57. The zero-order valence-corrected chi connectivity index (χ0v) is 19.8. The molecule has 2 aromatic heterocycles. The molecule has 4 rings (SSSR count). The summed E-state index contributed by atoms with van der Waals surface area (Å²) in [7, 11) is 2.92. The molecule has 3 heterocycles. The first kappa shape index (κ1) is 23.3. The van der Waals surface area contributed by atoms with Crippen molar-refractivity contribution in [1.29, 1.82) is 0 Å². The third-order valence-electron chi connectivity index (χ3n) is 5.73. The van der Waals surface area contributed by atoms with Gasteiger partial charge in [0.2, 0.25) is 5.95 Å². The van der Waals surface area contributed by atoms with E-state index in [4.69, 9.17) is 15.2 Å². The number of hydrogen-bond acceptors (Lipinski definition) is 8. The lowest BCUT2D eigenvalue weighted by Crippen LogP contribution is -2.43. The van der Waals surface area contributed by atoms with E-state index < -0.39 is 11.9 Å². The van der Waals surface area contributed by atoms with Crippen LogP contribution in [0.4, 0.5) is 10.3 Å². The lowest BCUT2D eigenvalue weighted by molar-refractivity contribution is 0.0615. The van der Waals surface area contributed by atoms with Crippen molar-refractivity contribution in [2.75, 3.05) is 26.5 Å². The fraction of sp³-hybridized carbons (Fsp3) is 0.375. The lowest BCUT2D eigenvalue weighted by Gasteiger charge is -2.38. The van der Waals surface area contributed by atoms with Gasteiger partial charge in [0.1, 0.15) is 5.82 Å². The van der Waals surface area contributed by atoms with Crippen LogP contribution in [0, 0.1) is 18.7 Å². The van der Waals surface area contributed by atoms with Gasteiger partial charge in [-0.2, -0.15) is 0 Å². The standard InChI is InChI=1S/C24H27FN6O3/c1-12(2)11-31-19(9-17-20(23(31)32)13(3)28-24(26)30-17)15-7-6-14(25)8-16(15)18-10-27-21(33-4)22(29-18)34-5/h6-8,10,12,19H,9,11H2,1-5H3,(H2,26,28,30)/t19-/m1/s1. The van der Waals surface area contributed by atoms with Gasteiger partial charge in [-0.1, -0.05) is 19.9 Å². The maximum absolute atomic E-state index is 14.4. The number of nitrogen functional groups attached to an aromatic ring is 1. The fourth-order valence-electron chi connectivity index (χ4n) is 4.35. The highest BCUT2D eigenvalue weighted by Crippen LogP contribution is 2.39. The van der Waals surface area contributed by atoms with E-state index in [-0.39, 0.29) is 29.5 Å². The first-order chi connectivity index (χ1) is 16.2. The molecule has 9 nitrogen and oxygen atoms in total. The Hall–Kier alpha value is -3.82. The molecule has 1 amide bonds. The summed E-state index contributed by atoms with van der Waals surface area (Å²) in [5.74, 6) is 0.102. The monoisotopic (exact) mass is 466 g/mol. The molecule has 0 fully saturated rings. The summed E-state index contributed by atoms with van der Waals surface area (Å²) >= 11 is 0. The Labute approximate surface area is 197 Å². The van der Waals surface area contributed by atoms with E-state index in [2.05, 4.69) is 19.9 Å². The summed E-state index contributed by atoms with van der Waals surface area (Å²) in [6, 6.07) is 4.02. The van der Waals surface area contributed by atoms with Gasteiger partial charge in [0.15, 0.2) is 0 Å². The van der Waals surface area contributed by atoms with Gasteiger partial charge in [-0.3, -0.25) is 4.79 Å². The summed E-state index contributed by atoms with van der Waals surface area (Å²) < 4.78 is 24.9. The molecule has 0 unspecified atom stereocenters. The first-order valence-electron chi connectivity index (χ1n) is 10.9. The number of amides is 1. The van der Waals surface area contributed by atoms with E-state index in [0.717, 1.165) is 5.56 Å². The van der Waals surface area contributed by atoms with E-state index in [1.807, 2.05) is 13.8 Å². The molecule has 178 valence electrons. The van der Waals surface area contributed by atoms with Gasteiger partial charge in [-0.25, -0.2) is 24.3 Å². The number of aromatic nitrogens is 4. The van der Waals surface area contributed by atoms with Crippen LogP contribution in [0.1, 0.15) is 47.2 Å². The van der Waals surface area contributed by atoms with Crippen LogP contribution in [-0.2, 0) is 6.42 Å². The SMILES string of the molecule is COc1ncc(-c2cc(F)ccc2[C@H]2Cc3nc(N)nc(C)c3C(=O)N2CC(C)C)nc1OC. The molecular formula is C24H27FN6O3. The summed E-state index contributed by atoms with van der Waals surface area (Å²) in [6.07, 6.45) is 1.90. The number of aryl methyl sites for hydroxylation is 1. The third kappa shape index (κ3) is 4.23. The molecule has 0 spiro atoms. The van der Waals surface area contributed by atoms with Crippen molar-refractivity contribution in [1.82, 2.24) is 24.8 Å². The minimum absolute atomic E-state index is 0.116. The molecule has 0 aliphatic carbocycles. The van der Waals surface area contributed by atoms with E-state index >= 15 is 0 Å². The van der Waals surface area contributed by atoms with Gasteiger partial charge in [-0.15, -0.1) is 0 Å². The van der Waals surface area contributed by atoms with Gasteiger partial charge in [0, 0.05) is 18.5 Å². The number of hydrogen-bond donors (Lipinski definition) is 1. The quantitative estimate of drug-likeness (QED) is 0.588. The number of methoxy groups -OCH3 is 2. The zero-order chi connectivity index (χ0) is 24.6. The predicted molar refractivity (Wildman–Crippen MR) is 124 cm³/mol. The van der Waals surface area contributed by atoms with Crippen LogP contribution < -0.4 is 15.2 Å². The molecule has 0 bridgehead atoms. The van der Waals surface area contributed by atoms with Gasteiger partial charge in [-0.05, 0) is 30.5 Å². The highest BCUT2D eigenvalue weighted by Gasteiger charge is 2.37. The van der Waals surface area contributed by atoms with Crippen molar-refractivity contribution in [2.45, 2.75) is 33.2 Å². The largest absolute Gasteiger partial charge is 0.477 e. The van der Waals surface area contributed by atoms with E-state index in [0.29, 0.717) is 41.2 Å². The number of nitrogens with zero attached hydrogens (tertiary/aromatic N) is 5. The second kappa shape index (κ2) is 9.20. The Morgan fingerprint density at radius 1 is 1.18 bits per heavy atom. The lowest BCUT2D eigenvalue weighted by atomic mass is 9.88. The molecule has 1 aromatic carbocycles. The molecule has 0 saturated carbocycles. The smallest absolute Gasteiger partial charge is 0.278 e. The number of fused-ring (bicyclic) bond motifs is 1. The summed E-state index contributed by atoms with van der Waals surface area (Å²) in [5.41, 5.74) is 9.10. The van der Waals surface area contributed by atoms with E-state index in [9.17, 15) is 9.18 Å². The second-order valence-corrected chi connectivity index (χ2v) is 8.57. The van der Waals surface area contributed by atoms with Gasteiger partial charge < -0.3 is 20.1 Å². The van der Waals surface area contributed by atoms with Crippen molar-refractivity contribution in [2.24, 2.45) is 5.92 Å². The normalized spacial score (nSPS) is 15.4. The Bertz CT molecular complexity index is 1250. The molecule has 0 radical (unpaired) electrons. The Morgan fingerprint density at radius 2 is 1.91 bits per heavy atom. The third-order valence-corrected chi connectivity index (χ3v) is 5.73.